The molecule has 0 aliphatic heterocycles. The first-order valence-corrected chi connectivity index (χ1v) is 8.08. The van der Waals surface area contributed by atoms with E-state index >= 15 is 0 Å². The Morgan fingerprint density at radius 1 is 1.20 bits per heavy atom. The van der Waals surface area contributed by atoms with E-state index in [1.807, 2.05) is 0 Å². The highest BCUT2D eigenvalue weighted by molar-refractivity contribution is 9.10. The zero-order valence-corrected chi connectivity index (χ0v) is 14.8. The number of rotatable bonds is 7. The largest absolute Gasteiger partial charge is 0.490 e. The summed E-state index contributed by atoms with van der Waals surface area (Å²) in [6, 6.07) is 7.99. The SMILES string of the molecule is CCOc1cc(C(=O)O)cc(Br)c1OCC(=O)Nc1ccc(F)cc1. The van der Waals surface area contributed by atoms with E-state index in [-0.39, 0.29) is 23.7 Å². The fourth-order valence-electron chi connectivity index (χ4n) is 1.96. The van der Waals surface area contributed by atoms with Gasteiger partial charge in [-0.1, -0.05) is 0 Å². The monoisotopic (exact) mass is 411 g/mol. The number of amides is 1. The van der Waals surface area contributed by atoms with Crippen molar-refractivity contribution < 1.29 is 28.6 Å². The molecule has 0 aliphatic rings. The normalized spacial score (nSPS) is 10.2. The summed E-state index contributed by atoms with van der Waals surface area (Å²) in [4.78, 5) is 23.1. The zero-order valence-electron chi connectivity index (χ0n) is 13.2. The third kappa shape index (κ3) is 5.18. The lowest BCUT2D eigenvalue weighted by Gasteiger charge is -2.14. The third-order valence-corrected chi connectivity index (χ3v) is 3.62. The maximum absolute atomic E-state index is 12.8. The van der Waals surface area contributed by atoms with Crippen LogP contribution in [0.25, 0.3) is 0 Å². The summed E-state index contributed by atoms with van der Waals surface area (Å²) in [7, 11) is 0. The second-order valence-corrected chi connectivity index (χ2v) is 5.72. The standard InChI is InChI=1S/C17H15BrFNO5/c1-2-24-14-8-10(17(22)23)7-13(18)16(14)25-9-15(21)20-12-5-3-11(19)4-6-12/h3-8H,2,9H2,1H3,(H,20,21)(H,22,23). The second kappa shape index (κ2) is 8.48. The predicted molar refractivity (Wildman–Crippen MR) is 92.8 cm³/mol. The second-order valence-electron chi connectivity index (χ2n) is 4.87. The molecule has 2 aromatic rings. The number of aromatic carboxylic acids is 1. The first kappa shape index (κ1) is 18.7. The van der Waals surface area contributed by atoms with E-state index in [9.17, 15) is 14.0 Å². The topological polar surface area (TPSA) is 84.9 Å². The average Bonchev–Trinajstić information content (AvgIpc) is 2.56. The predicted octanol–water partition coefficient (Wildman–Crippen LogP) is 3.70. The number of anilines is 1. The van der Waals surface area contributed by atoms with Crippen molar-refractivity contribution in [1.82, 2.24) is 0 Å². The van der Waals surface area contributed by atoms with Crippen molar-refractivity contribution in [3.05, 3.63) is 52.3 Å². The van der Waals surface area contributed by atoms with Crippen LogP contribution < -0.4 is 14.8 Å². The molecule has 0 unspecified atom stereocenters. The summed E-state index contributed by atoms with van der Waals surface area (Å²) in [5.74, 6) is -1.53. The van der Waals surface area contributed by atoms with Gasteiger partial charge in [0.2, 0.25) is 0 Å². The van der Waals surface area contributed by atoms with Gasteiger partial charge in [-0.25, -0.2) is 9.18 Å². The van der Waals surface area contributed by atoms with Crippen LogP contribution in [0.5, 0.6) is 11.5 Å². The summed E-state index contributed by atoms with van der Waals surface area (Å²) in [5.41, 5.74) is 0.457. The van der Waals surface area contributed by atoms with Gasteiger partial charge in [-0.2, -0.15) is 0 Å². The number of carboxylic acid groups (broad SMARTS) is 1. The molecule has 0 fully saturated rings. The minimum atomic E-state index is -1.11. The van der Waals surface area contributed by atoms with Gasteiger partial charge in [-0.15, -0.1) is 0 Å². The molecule has 0 atom stereocenters. The lowest BCUT2D eigenvalue weighted by atomic mass is 10.2. The van der Waals surface area contributed by atoms with Crippen LogP contribution >= 0.6 is 15.9 Å². The van der Waals surface area contributed by atoms with E-state index in [1.54, 1.807) is 6.92 Å². The summed E-state index contributed by atoms with van der Waals surface area (Å²) in [5, 5.41) is 11.6. The number of carbonyl (C=O) groups is 2. The maximum atomic E-state index is 12.8. The van der Waals surface area contributed by atoms with Crippen LogP contribution in [-0.2, 0) is 4.79 Å². The molecule has 0 spiro atoms. The van der Waals surface area contributed by atoms with E-state index in [1.165, 1.54) is 36.4 Å². The molecular weight excluding hydrogens is 397 g/mol. The Labute approximate surface area is 151 Å². The van der Waals surface area contributed by atoms with Gasteiger partial charge in [0.1, 0.15) is 5.82 Å². The van der Waals surface area contributed by atoms with Crippen molar-refractivity contribution in [2.24, 2.45) is 0 Å². The van der Waals surface area contributed by atoms with Gasteiger partial charge in [0.05, 0.1) is 16.6 Å². The van der Waals surface area contributed by atoms with Crippen LogP contribution in [0.4, 0.5) is 10.1 Å². The Kier molecular flexibility index (Phi) is 6.35. The molecule has 25 heavy (non-hydrogen) atoms. The van der Waals surface area contributed by atoms with Gasteiger partial charge in [-0.3, -0.25) is 4.79 Å². The molecule has 2 rings (SSSR count). The fraction of sp³-hybridized carbons (Fsp3) is 0.176. The Bertz CT molecular complexity index is 779. The molecule has 1 amide bonds. The van der Waals surface area contributed by atoms with E-state index in [0.717, 1.165) is 0 Å². The average molecular weight is 412 g/mol. The number of carbonyl (C=O) groups excluding carboxylic acids is 1. The Hall–Kier alpha value is -2.61. The minimum Gasteiger partial charge on any atom is -0.490 e. The van der Waals surface area contributed by atoms with Crippen molar-refractivity contribution in [3.63, 3.8) is 0 Å². The molecule has 0 aromatic heterocycles. The quantitative estimate of drug-likeness (QED) is 0.725. The van der Waals surface area contributed by atoms with E-state index in [2.05, 4.69) is 21.2 Å². The van der Waals surface area contributed by atoms with Gasteiger partial charge < -0.3 is 19.9 Å². The number of hydrogen-bond donors (Lipinski definition) is 2. The summed E-state index contributed by atoms with van der Waals surface area (Å²) in [6.07, 6.45) is 0. The molecule has 0 radical (unpaired) electrons. The van der Waals surface area contributed by atoms with Gasteiger partial charge in [-0.05, 0) is 59.3 Å². The van der Waals surface area contributed by atoms with Crippen molar-refractivity contribution >= 4 is 33.5 Å². The van der Waals surface area contributed by atoms with Gasteiger partial charge in [0, 0.05) is 5.69 Å². The van der Waals surface area contributed by atoms with Crippen LogP contribution in [0, 0.1) is 5.82 Å². The summed E-state index contributed by atoms with van der Waals surface area (Å²) in [6.45, 7) is 1.71. The van der Waals surface area contributed by atoms with E-state index in [0.29, 0.717) is 16.8 Å². The third-order valence-electron chi connectivity index (χ3n) is 3.03. The molecule has 0 saturated carbocycles. The maximum Gasteiger partial charge on any atom is 0.335 e. The smallest absolute Gasteiger partial charge is 0.335 e. The molecule has 2 N–H and O–H groups in total. The van der Waals surface area contributed by atoms with Crippen LogP contribution in [0.2, 0.25) is 0 Å². The molecule has 6 nitrogen and oxygen atoms in total. The molecule has 8 heteroatoms. The zero-order chi connectivity index (χ0) is 18.4. The van der Waals surface area contributed by atoms with Crippen LogP contribution in [0.1, 0.15) is 17.3 Å². The van der Waals surface area contributed by atoms with Crippen LogP contribution in [0.15, 0.2) is 40.9 Å². The summed E-state index contributed by atoms with van der Waals surface area (Å²) >= 11 is 3.22. The van der Waals surface area contributed by atoms with Crippen LogP contribution in [-0.4, -0.2) is 30.2 Å². The number of ether oxygens (including phenoxy) is 2. The van der Waals surface area contributed by atoms with Gasteiger partial charge >= 0.3 is 5.97 Å². The number of hydrogen-bond acceptors (Lipinski definition) is 4. The van der Waals surface area contributed by atoms with E-state index in [4.69, 9.17) is 14.6 Å². The highest BCUT2D eigenvalue weighted by Gasteiger charge is 2.16. The lowest BCUT2D eigenvalue weighted by Crippen LogP contribution is -2.20. The molecule has 0 bridgehead atoms. The van der Waals surface area contributed by atoms with Crippen molar-refractivity contribution in [1.29, 1.82) is 0 Å². The molecule has 0 saturated heterocycles. The Morgan fingerprint density at radius 2 is 1.88 bits per heavy atom. The highest BCUT2D eigenvalue weighted by atomic mass is 79.9. The first-order valence-electron chi connectivity index (χ1n) is 7.28. The van der Waals surface area contributed by atoms with E-state index < -0.39 is 17.7 Å². The molecule has 0 aliphatic carbocycles. The van der Waals surface area contributed by atoms with Crippen molar-refractivity contribution in [3.8, 4) is 11.5 Å². The van der Waals surface area contributed by atoms with Gasteiger partial charge in [0.25, 0.3) is 5.91 Å². The summed E-state index contributed by atoms with van der Waals surface area (Å²) < 4.78 is 24.0. The molecule has 2 aromatic carbocycles. The molecule has 132 valence electrons. The molecule has 0 heterocycles. The fourth-order valence-corrected chi connectivity index (χ4v) is 2.52. The van der Waals surface area contributed by atoms with Crippen LogP contribution in [0.3, 0.4) is 0 Å². The Morgan fingerprint density at radius 3 is 2.48 bits per heavy atom. The number of halogens is 2. The Balaban J connectivity index is 2.09. The number of carboxylic acids is 1. The lowest BCUT2D eigenvalue weighted by molar-refractivity contribution is -0.118. The molecular formula is C17H15BrFNO5. The minimum absolute atomic E-state index is 0.0263. The first-order chi connectivity index (χ1) is 11.9. The highest BCUT2D eigenvalue weighted by Crippen LogP contribution is 2.37. The van der Waals surface area contributed by atoms with Gasteiger partial charge in [0.15, 0.2) is 18.1 Å². The van der Waals surface area contributed by atoms with Crippen molar-refractivity contribution in [2.75, 3.05) is 18.5 Å². The number of benzene rings is 2. The number of nitrogens with one attached hydrogen (secondary N) is 1. The van der Waals surface area contributed by atoms with Crippen molar-refractivity contribution in [2.45, 2.75) is 6.92 Å².